The van der Waals surface area contributed by atoms with Gasteiger partial charge in [-0.05, 0) is 31.5 Å². The Labute approximate surface area is 140 Å². The van der Waals surface area contributed by atoms with Crippen LogP contribution in [0, 0.1) is 0 Å². The fraction of sp³-hybridized carbons (Fsp3) is 0.267. The largest absolute Gasteiger partial charge is 0.316 e. The van der Waals surface area contributed by atoms with Crippen LogP contribution in [0.1, 0.15) is 29.2 Å². The number of aryl methyl sites for hydroxylation is 2. The second kappa shape index (κ2) is 6.36. The standard InChI is InChI=1S/C15H15N5O3S/c1-3-11-18-19-15(24-11)17-12(21)8-5-6-10-9(7-8)16-13(22)14(23)20(10)4-2/h5-7H,3-4H2,1-2H3,(H,16,22)(H,17,19,21). The Morgan fingerprint density at radius 1 is 1.29 bits per heavy atom. The fourth-order valence-electron chi connectivity index (χ4n) is 2.35. The molecular weight excluding hydrogens is 330 g/mol. The molecule has 0 aliphatic heterocycles. The van der Waals surface area contributed by atoms with Gasteiger partial charge in [0.15, 0.2) is 0 Å². The van der Waals surface area contributed by atoms with Gasteiger partial charge in [0.05, 0.1) is 11.0 Å². The van der Waals surface area contributed by atoms with Crippen LogP contribution in [0.3, 0.4) is 0 Å². The van der Waals surface area contributed by atoms with Crippen molar-refractivity contribution in [3.8, 4) is 0 Å². The molecule has 0 radical (unpaired) electrons. The Balaban J connectivity index is 1.98. The highest BCUT2D eigenvalue weighted by molar-refractivity contribution is 7.15. The van der Waals surface area contributed by atoms with Gasteiger partial charge < -0.3 is 9.55 Å². The molecule has 24 heavy (non-hydrogen) atoms. The number of amides is 1. The van der Waals surface area contributed by atoms with Gasteiger partial charge >= 0.3 is 11.1 Å². The number of rotatable bonds is 4. The summed E-state index contributed by atoms with van der Waals surface area (Å²) in [5.74, 6) is -0.356. The smallest absolute Gasteiger partial charge is 0.316 e. The van der Waals surface area contributed by atoms with Gasteiger partial charge in [0.25, 0.3) is 5.91 Å². The van der Waals surface area contributed by atoms with Crippen molar-refractivity contribution in [2.75, 3.05) is 5.32 Å². The zero-order valence-corrected chi connectivity index (χ0v) is 13.9. The minimum absolute atomic E-state index is 0.354. The highest BCUT2D eigenvalue weighted by atomic mass is 32.1. The molecule has 0 spiro atoms. The van der Waals surface area contributed by atoms with Crippen molar-refractivity contribution in [2.24, 2.45) is 0 Å². The number of fused-ring (bicyclic) bond motifs is 1. The van der Waals surface area contributed by atoms with Crippen LogP contribution in [0.5, 0.6) is 0 Å². The van der Waals surface area contributed by atoms with Crippen molar-refractivity contribution < 1.29 is 4.79 Å². The summed E-state index contributed by atoms with van der Waals surface area (Å²) in [4.78, 5) is 38.4. The van der Waals surface area contributed by atoms with Crippen LogP contribution in [-0.2, 0) is 13.0 Å². The van der Waals surface area contributed by atoms with Crippen LogP contribution in [0.25, 0.3) is 11.0 Å². The zero-order valence-electron chi connectivity index (χ0n) is 13.1. The van der Waals surface area contributed by atoms with Crippen LogP contribution < -0.4 is 16.4 Å². The SMILES string of the molecule is CCc1nnc(NC(=O)c2ccc3c(c2)[nH]c(=O)c(=O)n3CC)s1. The summed E-state index contributed by atoms with van der Waals surface area (Å²) in [6.07, 6.45) is 0.749. The van der Waals surface area contributed by atoms with E-state index in [2.05, 4.69) is 20.5 Å². The molecule has 2 aromatic heterocycles. The van der Waals surface area contributed by atoms with E-state index in [4.69, 9.17) is 0 Å². The number of hydrogen-bond donors (Lipinski definition) is 2. The van der Waals surface area contributed by atoms with Gasteiger partial charge in [-0.15, -0.1) is 10.2 Å². The van der Waals surface area contributed by atoms with Crippen molar-refractivity contribution in [1.82, 2.24) is 19.7 Å². The molecule has 0 atom stereocenters. The molecule has 0 saturated heterocycles. The zero-order chi connectivity index (χ0) is 17.3. The van der Waals surface area contributed by atoms with E-state index in [1.54, 1.807) is 25.1 Å². The van der Waals surface area contributed by atoms with E-state index in [0.29, 0.717) is 28.3 Å². The van der Waals surface area contributed by atoms with Gasteiger partial charge in [-0.25, -0.2) is 0 Å². The maximum Gasteiger partial charge on any atom is 0.316 e. The van der Waals surface area contributed by atoms with Gasteiger partial charge in [-0.2, -0.15) is 0 Å². The molecule has 9 heteroatoms. The molecule has 2 heterocycles. The number of carbonyl (C=O) groups is 1. The Morgan fingerprint density at radius 2 is 2.08 bits per heavy atom. The summed E-state index contributed by atoms with van der Waals surface area (Å²) in [5, 5.41) is 11.8. The number of H-pyrrole nitrogens is 1. The first kappa shape index (κ1) is 16.1. The minimum Gasteiger partial charge on any atom is -0.316 e. The first-order valence-corrected chi connectivity index (χ1v) is 8.25. The first-order valence-electron chi connectivity index (χ1n) is 7.44. The van der Waals surface area contributed by atoms with Gasteiger partial charge in [0.2, 0.25) is 5.13 Å². The number of benzene rings is 1. The van der Waals surface area contributed by atoms with Crippen LogP contribution in [0.2, 0.25) is 0 Å². The maximum atomic E-state index is 12.3. The first-order chi connectivity index (χ1) is 11.5. The Morgan fingerprint density at radius 3 is 2.75 bits per heavy atom. The van der Waals surface area contributed by atoms with Crippen LogP contribution >= 0.6 is 11.3 Å². The Bertz CT molecular complexity index is 1030. The van der Waals surface area contributed by atoms with E-state index in [0.717, 1.165) is 11.4 Å². The molecular formula is C15H15N5O3S. The van der Waals surface area contributed by atoms with Crippen LogP contribution in [0.15, 0.2) is 27.8 Å². The summed E-state index contributed by atoms with van der Waals surface area (Å²) >= 11 is 1.31. The van der Waals surface area contributed by atoms with Gasteiger partial charge in [-0.3, -0.25) is 19.7 Å². The second-order valence-corrected chi connectivity index (χ2v) is 6.11. The summed E-state index contributed by atoms with van der Waals surface area (Å²) < 4.78 is 1.37. The molecule has 0 fully saturated rings. The number of aromatic amines is 1. The Kier molecular flexibility index (Phi) is 4.26. The van der Waals surface area contributed by atoms with E-state index < -0.39 is 11.1 Å². The normalized spacial score (nSPS) is 10.9. The van der Waals surface area contributed by atoms with Gasteiger partial charge in [0, 0.05) is 12.1 Å². The van der Waals surface area contributed by atoms with E-state index in [-0.39, 0.29) is 5.91 Å². The third-order valence-electron chi connectivity index (χ3n) is 3.54. The predicted octanol–water partition coefficient (Wildman–Crippen LogP) is 1.38. The lowest BCUT2D eigenvalue weighted by Gasteiger charge is -2.08. The van der Waals surface area contributed by atoms with E-state index >= 15 is 0 Å². The molecule has 1 aromatic carbocycles. The second-order valence-electron chi connectivity index (χ2n) is 5.04. The monoisotopic (exact) mass is 345 g/mol. The fourth-order valence-corrected chi connectivity index (χ4v) is 3.03. The lowest BCUT2D eigenvalue weighted by atomic mass is 10.2. The number of carbonyl (C=O) groups excluding carboxylic acids is 1. The average Bonchev–Trinajstić information content (AvgIpc) is 3.03. The molecule has 3 aromatic rings. The summed E-state index contributed by atoms with van der Waals surface area (Å²) in [7, 11) is 0. The van der Waals surface area contributed by atoms with Crippen LogP contribution in [-0.4, -0.2) is 25.7 Å². The lowest BCUT2D eigenvalue weighted by molar-refractivity contribution is 0.102. The molecule has 0 bridgehead atoms. The summed E-state index contributed by atoms with van der Waals surface area (Å²) in [6, 6.07) is 4.78. The molecule has 0 aliphatic carbocycles. The highest BCUT2D eigenvalue weighted by Crippen LogP contribution is 2.18. The number of hydrogen-bond acceptors (Lipinski definition) is 6. The molecule has 0 saturated carbocycles. The quantitative estimate of drug-likeness (QED) is 0.694. The number of nitrogens with one attached hydrogen (secondary N) is 2. The van der Waals surface area contributed by atoms with Crippen molar-refractivity contribution >= 4 is 33.4 Å². The van der Waals surface area contributed by atoms with E-state index in [1.165, 1.54) is 15.9 Å². The van der Waals surface area contributed by atoms with Crippen molar-refractivity contribution in [3.05, 3.63) is 49.5 Å². The molecule has 8 nitrogen and oxygen atoms in total. The Hall–Kier alpha value is -2.81. The maximum absolute atomic E-state index is 12.3. The summed E-state index contributed by atoms with van der Waals surface area (Å²) in [6.45, 7) is 4.11. The van der Waals surface area contributed by atoms with E-state index in [1.807, 2.05) is 6.92 Å². The molecule has 0 aliphatic rings. The average molecular weight is 345 g/mol. The molecule has 0 unspecified atom stereocenters. The molecule has 1 amide bonds. The predicted molar refractivity (Wildman–Crippen MR) is 91.7 cm³/mol. The van der Waals surface area contributed by atoms with Crippen molar-refractivity contribution in [2.45, 2.75) is 26.8 Å². The van der Waals surface area contributed by atoms with Gasteiger partial charge in [-0.1, -0.05) is 18.3 Å². The van der Waals surface area contributed by atoms with Crippen LogP contribution in [0.4, 0.5) is 5.13 Å². The number of anilines is 1. The third-order valence-corrected chi connectivity index (χ3v) is 4.53. The van der Waals surface area contributed by atoms with E-state index in [9.17, 15) is 14.4 Å². The molecule has 3 rings (SSSR count). The van der Waals surface area contributed by atoms with Crippen molar-refractivity contribution in [3.63, 3.8) is 0 Å². The number of aromatic nitrogens is 4. The summed E-state index contributed by atoms with van der Waals surface area (Å²) in [5.41, 5.74) is 0.0397. The number of nitrogens with zero attached hydrogens (tertiary/aromatic N) is 3. The lowest BCUT2D eigenvalue weighted by Crippen LogP contribution is -2.36. The molecule has 124 valence electrons. The van der Waals surface area contributed by atoms with Gasteiger partial charge in [0.1, 0.15) is 5.01 Å². The topological polar surface area (TPSA) is 110 Å². The third kappa shape index (κ3) is 2.85. The highest BCUT2D eigenvalue weighted by Gasteiger charge is 2.12. The molecule has 2 N–H and O–H groups in total. The minimum atomic E-state index is -0.710. The van der Waals surface area contributed by atoms with Crippen molar-refractivity contribution in [1.29, 1.82) is 0 Å².